The fourth-order valence-electron chi connectivity index (χ4n) is 3.81. The standard InChI is InChI=1S/C23H35N3O3/c1-6-20(27)24-17-12-18(25-21(28)7-2)14-19(13-17)26-22(29)15-8-10-16(11-9-15)23(3,4)5/h12-16H,6-11H2,1-5H3,(H,24,27)(H,25,28)(H,26,29)/t15-,16-. The van der Waals surface area contributed by atoms with Gasteiger partial charge >= 0.3 is 0 Å². The molecular weight excluding hydrogens is 366 g/mol. The highest BCUT2D eigenvalue weighted by Crippen LogP contribution is 2.40. The maximum atomic E-state index is 12.8. The molecule has 1 saturated carbocycles. The minimum Gasteiger partial charge on any atom is -0.326 e. The molecule has 29 heavy (non-hydrogen) atoms. The van der Waals surface area contributed by atoms with Crippen LogP contribution in [0.2, 0.25) is 0 Å². The maximum absolute atomic E-state index is 12.8. The summed E-state index contributed by atoms with van der Waals surface area (Å²) in [4.78, 5) is 36.4. The SMILES string of the molecule is CCC(=O)Nc1cc(NC(=O)CC)cc(NC(=O)[C@H]2CC[C@H](C(C)(C)C)CC2)c1. The van der Waals surface area contributed by atoms with Crippen LogP contribution in [0.5, 0.6) is 0 Å². The third kappa shape index (κ3) is 6.87. The van der Waals surface area contributed by atoms with E-state index in [1.807, 2.05) is 0 Å². The minimum atomic E-state index is -0.123. The van der Waals surface area contributed by atoms with E-state index in [1.165, 1.54) is 0 Å². The van der Waals surface area contributed by atoms with Crippen molar-refractivity contribution >= 4 is 34.8 Å². The van der Waals surface area contributed by atoms with Crippen LogP contribution in [0.3, 0.4) is 0 Å². The van der Waals surface area contributed by atoms with E-state index < -0.39 is 0 Å². The Hall–Kier alpha value is -2.37. The van der Waals surface area contributed by atoms with E-state index in [0.29, 0.717) is 35.8 Å². The number of hydrogen-bond donors (Lipinski definition) is 3. The number of benzene rings is 1. The van der Waals surface area contributed by atoms with Gasteiger partial charge in [-0.15, -0.1) is 0 Å². The smallest absolute Gasteiger partial charge is 0.227 e. The second kappa shape index (κ2) is 9.90. The highest BCUT2D eigenvalue weighted by atomic mass is 16.2. The summed E-state index contributed by atoms with van der Waals surface area (Å²) in [7, 11) is 0. The summed E-state index contributed by atoms with van der Waals surface area (Å²) < 4.78 is 0. The lowest BCUT2D eigenvalue weighted by molar-refractivity contribution is -0.121. The van der Waals surface area contributed by atoms with Crippen molar-refractivity contribution in [2.75, 3.05) is 16.0 Å². The molecule has 0 saturated heterocycles. The molecule has 1 fully saturated rings. The van der Waals surface area contributed by atoms with Gasteiger partial charge in [-0.05, 0) is 55.2 Å². The Balaban J connectivity index is 2.10. The Morgan fingerprint density at radius 2 is 1.21 bits per heavy atom. The van der Waals surface area contributed by atoms with E-state index in [1.54, 1.807) is 32.0 Å². The highest BCUT2D eigenvalue weighted by molar-refractivity contribution is 5.98. The van der Waals surface area contributed by atoms with Gasteiger partial charge in [0.1, 0.15) is 0 Å². The third-order valence-corrected chi connectivity index (χ3v) is 5.73. The van der Waals surface area contributed by atoms with Crippen LogP contribution in [0, 0.1) is 17.3 Å². The van der Waals surface area contributed by atoms with Gasteiger partial charge < -0.3 is 16.0 Å². The minimum absolute atomic E-state index is 0.00354. The third-order valence-electron chi connectivity index (χ3n) is 5.73. The van der Waals surface area contributed by atoms with Gasteiger partial charge in [-0.1, -0.05) is 34.6 Å². The number of anilines is 3. The zero-order chi connectivity index (χ0) is 21.6. The molecule has 0 aromatic heterocycles. The molecule has 0 bridgehead atoms. The van der Waals surface area contributed by atoms with Crippen molar-refractivity contribution in [3.05, 3.63) is 18.2 Å². The first-order valence-electron chi connectivity index (χ1n) is 10.7. The van der Waals surface area contributed by atoms with Crippen LogP contribution in [-0.4, -0.2) is 17.7 Å². The predicted molar refractivity (Wildman–Crippen MR) is 118 cm³/mol. The van der Waals surface area contributed by atoms with Gasteiger partial charge in [-0.3, -0.25) is 14.4 Å². The van der Waals surface area contributed by atoms with Gasteiger partial charge in [0.25, 0.3) is 0 Å². The van der Waals surface area contributed by atoms with Crippen LogP contribution in [-0.2, 0) is 14.4 Å². The summed E-state index contributed by atoms with van der Waals surface area (Å²) >= 11 is 0. The summed E-state index contributed by atoms with van der Waals surface area (Å²) in [6, 6.07) is 5.16. The lowest BCUT2D eigenvalue weighted by Gasteiger charge is -2.36. The summed E-state index contributed by atoms with van der Waals surface area (Å²) in [6.45, 7) is 10.3. The highest BCUT2D eigenvalue weighted by Gasteiger charge is 2.32. The Bertz CT molecular complexity index is 708. The molecule has 160 valence electrons. The van der Waals surface area contributed by atoms with Crippen molar-refractivity contribution in [1.82, 2.24) is 0 Å². The van der Waals surface area contributed by atoms with E-state index in [9.17, 15) is 14.4 Å². The van der Waals surface area contributed by atoms with E-state index >= 15 is 0 Å². The molecule has 6 heteroatoms. The molecule has 2 rings (SSSR count). The Labute approximate surface area is 174 Å². The molecule has 1 aliphatic carbocycles. The first kappa shape index (κ1) is 22.9. The number of carbonyl (C=O) groups excluding carboxylic acids is 3. The van der Waals surface area contributed by atoms with Gasteiger partial charge in [0.2, 0.25) is 17.7 Å². The number of amides is 3. The molecule has 3 amide bonds. The summed E-state index contributed by atoms with van der Waals surface area (Å²) in [5.74, 6) is 0.402. The molecule has 3 N–H and O–H groups in total. The Kier molecular flexibility index (Phi) is 7.82. The second-order valence-corrected chi connectivity index (χ2v) is 9.01. The molecule has 0 aliphatic heterocycles. The van der Waals surface area contributed by atoms with Crippen LogP contribution < -0.4 is 16.0 Å². The van der Waals surface area contributed by atoms with Crippen LogP contribution >= 0.6 is 0 Å². The molecule has 1 aliphatic rings. The van der Waals surface area contributed by atoms with E-state index in [4.69, 9.17) is 0 Å². The lowest BCUT2D eigenvalue weighted by Crippen LogP contribution is -2.31. The zero-order valence-electron chi connectivity index (χ0n) is 18.4. The second-order valence-electron chi connectivity index (χ2n) is 9.01. The van der Waals surface area contributed by atoms with Crippen molar-refractivity contribution in [2.24, 2.45) is 17.3 Å². The van der Waals surface area contributed by atoms with E-state index in [0.717, 1.165) is 25.7 Å². The number of rotatable bonds is 6. The molecule has 0 heterocycles. The van der Waals surface area contributed by atoms with Crippen LogP contribution in [0.15, 0.2) is 18.2 Å². The quantitative estimate of drug-likeness (QED) is 0.614. The predicted octanol–water partition coefficient (Wildman–Crippen LogP) is 5.17. The number of nitrogens with one attached hydrogen (secondary N) is 3. The average molecular weight is 402 g/mol. The Morgan fingerprint density at radius 1 is 0.793 bits per heavy atom. The number of carbonyl (C=O) groups is 3. The van der Waals surface area contributed by atoms with Crippen molar-refractivity contribution in [1.29, 1.82) is 0 Å². The summed E-state index contributed by atoms with van der Waals surface area (Å²) in [5.41, 5.74) is 1.96. The molecular formula is C23H35N3O3. The molecule has 0 spiro atoms. The molecule has 1 aromatic rings. The van der Waals surface area contributed by atoms with Crippen molar-refractivity contribution in [2.45, 2.75) is 73.1 Å². The van der Waals surface area contributed by atoms with E-state index in [2.05, 4.69) is 36.7 Å². The molecule has 6 nitrogen and oxygen atoms in total. The lowest BCUT2D eigenvalue weighted by atomic mass is 9.69. The molecule has 1 aromatic carbocycles. The van der Waals surface area contributed by atoms with Crippen molar-refractivity contribution < 1.29 is 14.4 Å². The molecule has 0 atom stereocenters. The van der Waals surface area contributed by atoms with Gasteiger partial charge in [-0.25, -0.2) is 0 Å². The van der Waals surface area contributed by atoms with Gasteiger partial charge in [0.15, 0.2) is 0 Å². The average Bonchev–Trinajstić information content (AvgIpc) is 2.66. The van der Waals surface area contributed by atoms with Crippen molar-refractivity contribution in [3.63, 3.8) is 0 Å². The zero-order valence-corrected chi connectivity index (χ0v) is 18.4. The molecule has 0 unspecified atom stereocenters. The molecule has 0 radical (unpaired) electrons. The number of hydrogen-bond acceptors (Lipinski definition) is 3. The largest absolute Gasteiger partial charge is 0.326 e. The van der Waals surface area contributed by atoms with Crippen LogP contribution in [0.4, 0.5) is 17.1 Å². The summed E-state index contributed by atoms with van der Waals surface area (Å²) in [6.07, 6.45) is 4.60. The van der Waals surface area contributed by atoms with Crippen LogP contribution in [0.1, 0.15) is 73.1 Å². The fourth-order valence-corrected chi connectivity index (χ4v) is 3.81. The first-order valence-corrected chi connectivity index (χ1v) is 10.7. The van der Waals surface area contributed by atoms with Gasteiger partial charge in [-0.2, -0.15) is 0 Å². The maximum Gasteiger partial charge on any atom is 0.227 e. The van der Waals surface area contributed by atoms with Gasteiger partial charge in [0.05, 0.1) is 0 Å². The summed E-state index contributed by atoms with van der Waals surface area (Å²) in [5, 5.41) is 8.58. The first-order chi connectivity index (χ1) is 13.6. The normalized spacial score (nSPS) is 19.3. The topological polar surface area (TPSA) is 87.3 Å². The monoisotopic (exact) mass is 401 g/mol. The van der Waals surface area contributed by atoms with Crippen molar-refractivity contribution in [3.8, 4) is 0 Å². The van der Waals surface area contributed by atoms with Gasteiger partial charge in [0, 0.05) is 35.8 Å². The van der Waals surface area contributed by atoms with E-state index in [-0.39, 0.29) is 29.1 Å². The fraction of sp³-hybridized carbons (Fsp3) is 0.609. The van der Waals surface area contributed by atoms with Crippen LogP contribution in [0.25, 0.3) is 0 Å². The Morgan fingerprint density at radius 3 is 1.59 bits per heavy atom.